The van der Waals surface area contributed by atoms with E-state index in [1.165, 1.54) is 19.8 Å². The van der Waals surface area contributed by atoms with Crippen molar-refractivity contribution < 1.29 is 0 Å². The number of aryl methyl sites for hydroxylation is 1. The van der Waals surface area contributed by atoms with Crippen LogP contribution < -0.4 is 5.32 Å². The second-order valence-electron chi connectivity index (χ2n) is 4.27. The standard InChI is InChI=1S/C14H14BrClINS/c1-3-18-13(12-6-8(2)14(15)19-12)9-4-5-11(17)10(16)7-9/h4-7,13,18H,3H2,1-2H3. The zero-order chi connectivity index (χ0) is 14.0. The molecule has 1 heterocycles. The summed E-state index contributed by atoms with van der Waals surface area (Å²) >= 11 is 13.9. The Hall–Kier alpha value is 0.380. The normalized spacial score (nSPS) is 12.7. The van der Waals surface area contributed by atoms with E-state index in [-0.39, 0.29) is 6.04 Å². The molecule has 0 amide bonds. The third-order valence-electron chi connectivity index (χ3n) is 2.85. The van der Waals surface area contributed by atoms with Gasteiger partial charge in [0.1, 0.15) is 0 Å². The van der Waals surface area contributed by atoms with Gasteiger partial charge in [0.2, 0.25) is 0 Å². The lowest BCUT2D eigenvalue weighted by atomic mass is 10.0. The van der Waals surface area contributed by atoms with Crippen LogP contribution in [0.1, 0.15) is 29.0 Å². The molecule has 0 aliphatic heterocycles. The van der Waals surface area contributed by atoms with E-state index in [1.807, 2.05) is 0 Å². The number of hydrogen-bond acceptors (Lipinski definition) is 2. The summed E-state index contributed by atoms with van der Waals surface area (Å²) < 4.78 is 2.28. The summed E-state index contributed by atoms with van der Waals surface area (Å²) in [6.07, 6.45) is 0. The summed E-state index contributed by atoms with van der Waals surface area (Å²) in [5.74, 6) is 0. The minimum atomic E-state index is 0.203. The Bertz CT molecular complexity index is 565. The van der Waals surface area contributed by atoms with Gasteiger partial charge < -0.3 is 5.32 Å². The number of halogens is 3. The van der Waals surface area contributed by atoms with Crippen molar-refractivity contribution in [3.05, 3.63) is 52.6 Å². The van der Waals surface area contributed by atoms with Crippen LogP contribution >= 0.6 is 61.5 Å². The topological polar surface area (TPSA) is 12.0 Å². The molecule has 0 saturated heterocycles. The van der Waals surface area contributed by atoms with Crippen LogP contribution in [0.4, 0.5) is 0 Å². The third kappa shape index (κ3) is 3.73. The summed E-state index contributed by atoms with van der Waals surface area (Å²) in [7, 11) is 0. The minimum Gasteiger partial charge on any atom is -0.306 e. The Morgan fingerprint density at radius 1 is 1.42 bits per heavy atom. The molecule has 102 valence electrons. The first-order valence-electron chi connectivity index (χ1n) is 5.97. The SMILES string of the molecule is CCNC(c1ccc(I)c(Cl)c1)c1cc(C)c(Br)s1. The van der Waals surface area contributed by atoms with Crippen LogP contribution in [0, 0.1) is 10.5 Å². The van der Waals surface area contributed by atoms with Gasteiger partial charge in [0.25, 0.3) is 0 Å². The van der Waals surface area contributed by atoms with Gasteiger partial charge in [0.15, 0.2) is 0 Å². The van der Waals surface area contributed by atoms with E-state index in [9.17, 15) is 0 Å². The monoisotopic (exact) mass is 469 g/mol. The van der Waals surface area contributed by atoms with Crippen molar-refractivity contribution in [1.82, 2.24) is 5.32 Å². The largest absolute Gasteiger partial charge is 0.306 e. The zero-order valence-electron chi connectivity index (χ0n) is 10.6. The molecule has 1 atom stereocenters. The second kappa shape index (κ2) is 6.89. The van der Waals surface area contributed by atoms with Crippen molar-refractivity contribution in [1.29, 1.82) is 0 Å². The highest BCUT2D eigenvalue weighted by Gasteiger charge is 2.17. The smallest absolute Gasteiger partial charge is 0.0731 e. The van der Waals surface area contributed by atoms with Crippen LogP contribution in [-0.2, 0) is 0 Å². The highest BCUT2D eigenvalue weighted by molar-refractivity contribution is 14.1. The number of benzene rings is 1. The summed E-state index contributed by atoms with van der Waals surface area (Å²) in [6.45, 7) is 5.16. The lowest BCUT2D eigenvalue weighted by Crippen LogP contribution is -2.21. The van der Waals surface area contributed by atoms with Gasteiger partial charge in [-0.1, -0.05) is 24.6 Å². The molecule has 0 fully saturated rings. The molecule has 1 nitrogen and oxygen atoms in total. The molecule has 0 aliphatic rings. The number of thiophene rings is 1. The third-order valence-corrected chi connectivity index (χ3v) is 6.62. The summed E-state index contributed by atoms with van der Waals surface area (Å²) in [6, 6.07) is 8.70. The van der Waals surface area contributed by atoms with E-state index in [4.69, 9.17) is 11.6 Å². The molecule has 0 radical (unpaired) electrons. The van der Waals surface area contributed by atoms with Crippen molar-refractivity contribution in [2.75, 3.05) is 6.54 Å². The molecule has 1 aromatic carbocycles. The van der Waals surface area contributed by atoms with Crippen molar-refractivity contribution in [3.8, 4) is 0 Å². The summed E-state index contributed by atoms with van der Waals surface area (Å²) in [5.41, 5.74) is 2.49. The van der Waals surface area contributed by atoms with Crippen LogP contribution in [0.15, 0.2) is 28.1 Å². The molecule has 2 aromatic rings. The quantitative estimate of drug-likeness (QED) is 0.559. The molecule has 5 heteroatoms. The van der Waals surface area contributed by atoms with Gasteiger partial charge in [-0.15, -0.1) is 11.3 Å². The Balaban J connectivity index is 2.41. The Kier molecular flexibility index (Phi) is 5.72. The lowest BCUT2D eigenvalue weighted by Gasteiger charge is -2.17. The summed E-state index contributed by atoms with van der Waals surface area (Å²) in [5, 5.41) is 4.34. The van der Waals surface area contributed by atoms with Crippen molar-refractivity contribution in [2.24, 2.45) is 0 Å². The van der Waals surface area contributed by atoms with Crippen LogP contribution in [-0.4, -0.2) is 6.54 Å². The maximum atomic E-state index is 6.24. The Labute approximate surface area is 145 Å². The molecule has 19 heavy (non-hydrogen) atoms. The van der Waals surface area contributed by atoms with Crippen molar-refractivity contribution in [3.63, 3.8) is 0 Å². The van der Waals surface area contributed by atoms with Gasteiger partial charge in [-0.2, -0.15) is 0 Å². The zero-order valence-corrected chi connectivity index (χ0v) is 16.0. The van der Waals surface area contributed by atoms with E-state index >= 15 is 0 Å². The highest BCUT2D eigenvalue weighted by atomic mass is 127. The predicted octanol–water partition coefficient (Wildman–Crippen LogP) is 5.78. The first-order chi connectivity index (χ1) is 9.02. The van der Waals surface area contributed by atoms with Crippen molar-refractivity contribution >= 4 is 61.5 Å². The van der Waals surface area contributed by atoms with Crippen molar-refractivity contribution in [2.45, 2.75) is 19.9 Å². The predicted molar refractivity (Wildman–Crippen MR) is 96.4 cm³/mol. The first-order valence-corrected chi connectivity index (χ1v) is 9.03. The molecule has 0 bridgehead atoms. The van der Waals surface area contributed by atoms with E-state index in [1.54, 1.807) is 11.3 Å². The molecular weight excluding hydrogens is 456 g/mol. The van der Waals surface area contributed by atoms with Crippen LogP contribution in [0.5, 0.6) is 0 Å². The van der Waals surface area contributed by atoms with Gasteiger partial charge >= 0.3 is 0 Å². The molecule has 1 N–H and O–H groups in total. The van der Waals surface area contributed by atoms with Gasteiger partial charge in [0, 0.05) is 8.45 Å². The number of hydrogen-bond donors (Lipinski definition) is 1. The van der Waals surface area contributed by atoms with Gasteiger partial charge in [-0.05, 0) is 81.3 Å². The highest BCUT2D eigenvalue weighted by Crippen LogP contribution is 2.35. The molecule has 2 rings (SSSR count). The molecular formula is C14H14BrClINS. The fourth-order valence-electron chi connectivity index (χ4n) is 1.90. The maximum absolute atomic E-state index is 6.24. The fraction of sp³-hybridized carbons (Fsp3) is 0.286. The molecule has 0 spiro atoms. The average molecular weight is 471 g/mol. The molecule has 0 saturated carbocycles. The van der Waals surface area contributed by atoms with E-state index in [0.717, 1.165) is 15.1 Å². The van der Waals surface area contributed by atoms with E-state index in [2.05, 4.69) is 82.0 Å². The van der Waals surface area contributed by atoms with Gasteiger partial charge in [0.05, 0.1) is 14.9 Å². The molecule has 1 unspecified atom stereocenters. The maximum Gasteiger partial charge on any atom is 0.0731 e. The van der Waals surface area contributed by atoms with Crippen LogP contribution in [0.25, 0.3) is 0 Å². The van der Waals surface area contributed by atoms with Gasteiger partial charge in [-0.25, -0.2) is 0 Å². The number of nitrogens with one attached hydrogen (secondary N) is 1. The second-order valence-corrected chi connectivity index (χ2v) is 8.24. The Morgan fingerprint density at radius 2 is 2.16 bits per heavy atom. The molecule has 0 aliphatic carbocycles. The summed E-state index contributed by atoms with van der Waals surface area (Å²) in [4.78, 5) is 1.31. The van der Waals surface area contributed by atoms with Gasteiger partial charge in [-0.3, -0.25) is 0 Å². The van der Waals surface area contributed by atoms with E-state index < -0.39 is 0 Å². The molecule has 1 aromatic heterocycles. The van der Waals surface area contributed by atoms with E-state index in [0.29, 0.717) is 0 Å². The fourth-order valence-corrected chi connectivity index (χ4v) is 4.10. The Morgan fingerprint density at radius 3 is 2.68 bits per heavy atom. The average Bonchev–Trinajstić information content (AvgIpc) is 2.70. The lowest BCUT2D eigenvalue weighted by molar-refractivity contribution is 0.639. The minimum absolute atomic E-state index is 0.203. The van der Waals surface area contributed by atoms with Crippen LogP contribution in [0.3, 0.4) is 0 Å². The number of rotatable bonds is 4. The van der Waals surface area contributed by atoms with Crippen LogP contribution in [0.2, 0.25) is 5.02 Å². The first kappa shape index (κ1) is 15.8.